The van der Waals surface area contributed by atoms with Gasteiger partial charge in [0.2, 0.25) is 0 Å². The van der Waals surface area contributed by atoms with Crippen molar-refractivity contribution in [2.45, 2.75) is 65.8 Å². The molecule has 2 amide bonds. The lowest BCUT2D eigenvalue weighted by Gasteiger charge is -2.38. The van der Waals surface area contributed by atoms with Crippen LogP contribution in [-0.4, -0.2) is 41.5 Å². The van der Waals surface area contributed by atoms with E-state index in [1.54, 1.807) is 0 Å². The molecule has 18 heavy (non-hydrogen) atoms. The number of carbonyl (C=O) groups excluding carboxylic acids is 1. The highest BCUT2D eigenvalue weighted by Crippen LogP contribution is 2.18. The lowest BCUT2D eigenvalue weighted by Crippen LogP contribution is -2.50. The third-order valence-electron chi connectivity index (χ3n) is 4.05. The first-order valence-corrected chi connectivity index (χ1v) is 7.65. The zero-order valence-electron chi connectivity index (χ0n) is 12.6. The first kappa shape index (κ1) is 15.3. The van der Waals surface area contributed by atoms with E-state index in [4.69, 9.17) is 0 Å². The number of urea groups is 1. The van der Waals surface area contributed by atoms with Crippen LogP contribution in [0, 0.1) is 5.92 Å². The van der Waals surface area contributed by atoms with Crippen molar-refractivity contribution < 1.29 is 4.79 Å². The first-order valence-electron chi connectivity index (χ1n) is 7.65. The largest absolute Gasteiger partial charge is 0.324 e. The molecule has 1 rings (SSSR count). The molecule has 0 aromatic heterocycles. The number of rotatable bonds is 5. The molecule has 0 aromatic rings. The molecule has 0 N–H and O–H groups in total. The van der Waals surface area contributed by atoms with Crippen molar-refractivity contribution in [3.63, 3.8) is 0 Å². The number of carbonyl (C=O) groups is 1. The second-order valence-corrected chi connectivity index (χ2v) is 5.78. The molecule has 0 radical (unpaired) electrons. The number of unbranched alkanes of at least 4 members (excludes halogenated alkanes) is 1. The summed E-state index contributed by atoms with van der Waals surface area (Å²) in [4.78, 5) is 16.8. The minimum absolute atomic E-state index is 0.268. The van der Waals surface area contributed by atoms with Gasteiger partial charge < -0.3 is 9.80 Å². The van der Waals surface area contributed by atoms with Gasteiger partial charge in [0.25, 0.3) is 0 Å². The van der Waals surface area contributed by atoms with Gasteiger partial charge in [0, 0.05) is 25.7 Å². The molecule has 0 aromatic carbocycles. The Balaban J connectivity index is 2.62. The van der Waals surface area contributed by atoms with Gasteiger partial charge in [0.1, 0.15) is 0 Å². The second-order valence-electron chi connectivity index (χ2n) is 5.78. The molecule has 3 heteroatoms. The second kappa shape index (κ2) is 7.65. The summed E-state index contributed by atoms with van der Waals surface area (Å²) < 4.78 is 0. The van der Waals surface area contributed by atoms with Gasteiger partial charge in [-0.05, 0) is 38.5 Å². The summed E-state index contributed by atoms with van der Waals surface area (Å²) in [6.45, 7) is 11.6. The Labute approximate surface area is 113 Å². The number of piperidine rings is 1. The van der Waals surface area contributed by atoms with Gasteiger partial charge in [-0.2, -0.15) is 0 Å². The van der Waals surface area contributed by atoms with Crippen molar-refractivity contribution in [3.8, 4) is 0 Å². The molecule has 1 fully saturated rings. The Morgan fingerprint density at radius 3 is 2.72 bits per heavy atom. The Hall–Kier alpha value is -0.730. The molecule has 1 saturated heterocycles. The third kappa shape index (κ3) is 4.18. The molecule has 0 saturated carbocycles. The van der Waals surface area contributed by atoms with Crippen LogP contribution in [0.5, 0.6) is 0 Å². The molecular weight excluding hydrogens is 224 g/mol. The number of likely N-dealkylation sites (tertiary alicyclic amines) is 1. The summed E-state index contributed by atoms with van der Waals surface area (Å²) in [6.07, 6.45) is 5.73. The van der Waals surface area contributed by atoms with Crippen LogP contribution in [0.15, 0.2) is 0 Å². The van der Waals surface area contributed by atoms with Crippen molar-refractivity contribution in [1.82, 2.24) is 9.80 Å². The van der Waals surface area contributed by atoms with Gasteiger partial charge in [-0.3, -0.25) is 0 Å². The average molecular weight is 254 g/mol. The normalized spacial score (nSPS) is 21.8. The highest BCUT2D eigenvalue weighted by Gasteiger charge is 2.27. The molecule has 0 bridgehead atoms. The van der Waals surface area contributed by atoms with Gasteiger partial charge >= 0.3 is 6.03 Å². The molecule has 0 spiro atoms. The quantitative estimate of drug-likeness (QED) is 0.733. The first-order chi connectivity index (χ1) is 8.60. The summed E-state index contributed by atoms with van der Waals surface area (Å²) in [5, 5.41) is 0. The number of hydrogen-bond acceptors (Lipinski definition) is 1. The van der Waals surface area contributed by atoms with Crippen LogP contribution in [0.25, 0.3) is 0 Å². The highest BCUT2D eigenvalue weighted by atomic mass is 16.2. The summed E-state index contributed by atoms with van der Waals surface area (Å²) in [5.74, 6) is 0.660. The van der Waals surface area contributed by atoms with E-state index in [0.717, 1.165) is 45.3 Å². The highest BCUT2D eigenvalue weighted by molar-refractivity contribution is 5.74. The molecular formula is C15H30N2O. The lowest BCUT2D eigenvalue weighted by atomic mass is 10.0. The fraction of sp³-hybridized carbons (Fsp3) is 0.933. The van der Waals surface area contributed by atoms with E-state index < -0.39 is 0 Å². The summed E-state index contributed by atoms with van der Waals surface area (Å²) in [6, 6.07) is 0.630. The van der Waals surface area contributed by atoms with E-state index in [2.05, 4.69) is 37.5 Å². The summed E-state index contributed by atoms with van der Waals surface area (Å²) in [7, 11) is 0. The zero-order chi connectivity index (χ0) is 13.5. The van der Waals surface area contributed by atoms with E-state index >= 15 is 0 Å². The van der Waals surface area contributed by atoms with Gasteiger partial charge in [0.05, 0.1) is 0 Å². The van der Waals surface area contributed by atoms with Gasteiger partial charge in [-0.1, -0.05) is 27.2 Å². The van der Waals surface area contributed by atoms with Crippen molar-refractivity contribution in [1.29, 1.82) is 0 Å². The molecule has 3 nitrogen and oxygen atoms in total. The van der Waals surface area contributed by atoms with Crippen molar-refractivity contribution in [2.24, 2.45) is 5.92 Å². The Morgan fingerprint density at radius 2 is 2.17 bits per heavy atom. The van der Waals surface area contributed by atoms with Crippen LogP contribution in [0.1, 0.15) is 59.8 Å². The van der Waals surface area contributed by atoms with Crippen molar-refractivity contribution in [2.75, 3.05) is 19.6 Å². The summed E-state index contributed by atoms with van der Waals surface area (Å²) in [5.41, 5.74) is 0. The van der Waals surface area contributed by atoms with Crippen LogP contribution in [0.2, 0.25) is 0 Å². The smallest absolute Gasteiger partial charge is 0.320 e. The molecule has 1 aliphatic heterocycles. The van der Waals surface area contributed by atoms with Crippen LogP contribution in [0.4, 0.5) is 4.79 Å². The maximum Gasteiger partial charge on any atom is 0.320 e. The van der Waals surface area contributed by atoms with E-state index in [1.807, 2.05) is 0 Å². The SMILES string of the molecule is CCCCN(C(=O)N1CCCC(C)C1)C(C)CC. The number of hydrogen-bond donors (Lipinski definition) is 0. The Kier molecular flexibility index (Phi) is 6.51. The third-order valence-corrected chi connectivity index (χ3v) is 4.05. The van der Waals surface area contributed by atoms with Crippen molar-refractivity contribution >= 4 is 6.03 Å². The topological polar surface area (TPSA) is 23.6 Å². The van der Waals surface area contributed by atoms with Crippen LogP contribution < -0.4 is 0 Å². The number of amides is 2. The molecule has 1 aliphatic rings. The Morgan fingerprint density at radius 1 is 1.44 bits per heavy atom. The maximum absolute atomic E-state index is 12.6. The minimum atomic E-state index is 0.268. The monoisotopic (exact) mass is 254 g/mol. The van der Waals surface area contributed by atoms with E-state index in [-0.39, 0.29) is 6.03 Å². The van der Waals surface area contributed by atoms with Crippen molar-refractivity contribution in [3.05, 3.63) is 0 Å². The molecule has 2 unspecified atom stereocenters. The number of nitrogens with zero attached hydrogens (tertiary/aromatic N) is 2. The molecule has 0 aliphatic carbocycles. The fourth-order valence-electron chi connectivity index (χ4n) is 2.60. The molecule has 2 atom stereocenters. The Bertz CT molecular complexity index is 255. The maximum atomic E-state index is 12.6. The molecule has 1 heterocycles. The van der Waals surface area contributed by atoms with Gasteiger partial charge in [-0.25, -0.2) is 4.79 Å². The van der Waals surface area contributed by atoms with Crippen LogP contribution in [-0.2, 0) is 0 Å². The van der Waals surface area contributed by atoms with Gasteiger partial charge in [0.15, 0.2) is 0 Å². The molecule has 106 valence electrons. The minimum Gasteiger partial charge on any atom is -0.324 e. The summed E-state index contributed by atoms with van der Waals surface area (Å²) >= 11 is 0. The average Bonchev–Trinajstić information content (AvgIpc) is 2.38. The van der Waals surface area contributed by atoms with E-state index in [1.165, 1.54) is 6.42 Å². The van der Waals surface area contributed by atoms with E-state index in [0.29, 0.717) is 12.0 Å². The van der Waals surface area contributed by atoms with Crippen LogP contribution >= 0.6 is 0 Å². The van der Waals surface area contributed by atoms with Gasteiger partial charge in [-0.15, -0.1) is 0 Å². The predicted octanol–water partition coefficient (Wildman–Crippen LogP) is 3.74. The van der Waals surface area contributed by atoms with Crippen LogP contribution in [0.3, 0.4) is 0 Å². The zero-order valence-corrected chi connectivity index (χ0v) is 12.6. The predicted molar refractivity (Wildman–Crippen MR) is 76.7 cm³/mol. The standard InChI is InChI=1S/C15H30N2O/c1-5-7-11-17(14(4)6-2)15(18)16-10-8-9-13(3)12-16/h13-14H,5-12H2,1-4H3. The van der Waals surface area contributed by atoms with E-state index in [9.17, 15) is 4.79 Å². The fourth-order valence-corrected chi connectivity index (χ4v) is 2.60. The lowest BCUT2D eigenvalue weighted by molar-refractivity contribution is 0.116.